The number of hydrogen-bond donors (Lipinski definition) is 1. The van der Waals surface area contributed by atoms with E-state index in [1.165, 1.54) is 0 Å². The number of hydrogen-bond acceptors (Lipinski definition) is 5. The van der Waals surface area contributed by atoms with E-state index in [9.17, 15) is 4.79 Å². The zero-order chi connectivity index (χ0) is 19.8. The van der Waals surface area contributed by atoms with E-state index in [0.29, 0.717) is 19.6 Å². The second kappa shape index (κ2) is 7.69. The number of para-hydroxylation sites is 1. The van der Waals surface area contributed by atoms with Crippen molar-refractivity contribution in [2.24, 2.45) is 0 Å². The van der Waals surface area contributed by atoms with Crippen molar-refractivity contribution in [3.05, 3.63) is 58.2 Å². The molecular weight excluding hydrogens is 390 g/mol. The number of carbonyl (C=O) groups excluding carboxylic acids is 1. The molecule has 0 saturated carbocycles. The van der Waals surface area contributed by atoms with Crippen LogP contribution in [0.3, 0.4) is 0 Å². The molecule has 0 bridgehead atoms. The summed E-state index contributed by atoms with van der Waals surface area (Å²) in [5.74, 6) is 0.998. The number of likely N-dealkylation sites (tertiary alicyclic amines) is 1. The minimum Gasteiger partial charge on any atom is -0.487 e. The molecular formula is C22H22ClN3O3. The van der Waals surface area contributed by atoms with Gasteiger partial charge in [-0.05, 0) is 49.2 Å². The molecule has 2 aromatic carbocycles. The van der Waals surface area contributed by atoms with E-state index >= 15 is 0 Å². The summed E-state index contributed by atoms with van der Waals surface area (Å²) in [5.41, 5.74) is 3.66. The van der Waals surface area contributed by atoms with Gasteiger partial charge in [0.1, 0.15) is 18.1 Å². The normalized spacial score (nSPS) is 19.0. The molecule has 0 spiro atoms. The third-order valence-corrected chi connectivity index (χ3v) is 6.12. The molecule has 3 aromatic rings. The highest BCUT2D eigenvalue weighted by molar-refractivity contribution is 6.31. The Balaban J connectivity index is 1.43. The van der Waals surface area contributed by atoms with Gasteiger partial charge in [-0.2, -0.15) is 0 Å². The van der Waals surface area contributed by atoms with Gasteiger partial charge in [0, 0.05) is 35.5 Å². The number of halogens is 1. The van der Waals surface area contributed by atoms with Gasteiger partial charge in [0.25, 0.3) is 0 Å². The van der Waals surface area contributed by atoms with Crippen molar-refractivity contribution in [2.75, 3.05) is 19.6 Å². The number of carbonyl (C=O) groups is 1. The van der Waals surface area contributed by atoms with Gasteiger partial charge in [-0.3, -0.25) is 4.79 Å². The molecule has 1 aromatic heterocycles. The Labute approximate surface area is 173 Å². The molecule has 1 atom stereocenters. The van der Waals surface area contributed by atoms with Gasteiger partial charge in [-0.25, -0.2) is 0 Å². The minimum atomic E-state index is 0.00329. The standard InChI is InChI=1S/C22H22ClN3O3/c23-16-7-8-20(28-13-18-15-4-1-2-5-19(15)29-25-18)22-14(16)9-10-24-17(22)12-26-11-3-6-21(26)27/h1-2,4-5,7-8,17,24H,3,6,9-13H2/t17-/m1/s1. The third-order valence-electron chi connectivity index (χ3n) is 5.76. The summed E-state index contributed by atoms with van der Waals surface area (Å²) in [6.45, 7) is 2.58. The SMILES string of the molecule is O=C1CCCN1C[C@H]1NCCc2c(Cl)ccc(OCc3noc4ccccc34)c21. The van der Waals surface area contributed by atoms with Crippen molar-refractivity contribution < 1.29 is 14.1 Å². The third kappa shape index (κ3) is 3.47. The quantitative estimate of drug-likeness (QED) is 0.690. The molecule has 0 radical (unpaired) electrons. The highest BCUT2D eigenvalue weighted by atomic mass is 35.5. The van der Waals surface area contributed by atoms with Gasteiger partial charge in [0.05, 0.1) is 6.04 Å². The summed E-state index contributed by atoms with van der Waals surface area (Å²) in [7, 11) is 0. The van der Waals surface area contributed by atoms with Crippen LogP contribution in [0.15, 0.2) is 40.9 Å². The summed E-state index contributed by atoms with van der Waals surface area (Å²) in [4.78, 5) is 14.1. The van der Waals surface area contributed by atoms with Gasteiger partial charge in [0.15, 0.2) is 5.58 Å². The fraction of sp³-hybridized carbons (Fsp3) is 0.364. The molecule has 1 N–H and O–H groups in total. The molecule has 1 amide bonds. The lowest BCUT2D eigenvalue weighted by atomic mass is 9.92. The predicted octanol–water partition coefficient (Wildman–Crippen LogP) is 3.87. The summed E-state index contributed by atoms with van der Waals surface area (Å²) >= 11 is 6.51. The molecule has 7 heteroatoms. The van der Waals surface area contributed by atoms with Crippen LogP contribution in [0.2, 0.25) is 5.02 Å². The van der Waals surface area contributed by atoms with Crippen LogP contribution < -0.4 is 10.1 Å². The lowest BCUT2D eigenvalue weighted by Crippen LogP contribution is -2.39. The lowest BCUT2D eigenvalue weighted by Gasteiger charge is -2.32. The van der Waals surface area contributed by atoms with Crippen LogP contribution in [0.4, 0.5) is 0 Å². The molecule has 6 nitrogen and oxygen atoms in total. The minimum absolute atomic E-state index is 0.00329. The first-order chi connectivity index (χ1) is 14.2. The van der Waals surface area contributed by atoms with Crippen molar-refractivity contribution >= 4 is 28.5 Å². The van der Waals surface area contributed by atoms with Crippen LogP contribution in [0, 0.1) is 0 Å². The maximum atomic E-state index is 12.1. The highest BCUT2D eigenvalue weighted by Gasteiger charge is 2.30. The van der Waals surface area contributed by atoms with Gasteiger partial charge in [-0.15, -0.1) is 0 Å². The number of benzene rings is 2. The fourth-order valence-corrected chi connectivity index (χ4v) is 4.57. The zero-order valence-corrected chi connectivity index (χ0v) is 16.7. The lowest BCUT2D eigenvalue weighted by molar-refractivity contribution is -0.128. The largest absolute Gasteiger partial charge is 0.487 e. The van der Waals surface area contributed by atoms with Crippen molar-refractivity contribution in [2.45, 2.75) is 31.9 Å². The molecule has 5 rings (SSSR count). The van der Waals surface area contributed by atoms with E-state index in [4.69, 9.17) is 20.9 Å². The maximum absolute atomic E-state index is 12.1. The second-order valence-corrected chi connectivity index (χ2v) is 7.96. The number of fused-ring (bicyclic) bond motifs is 2. The summed E-state index contributed by atoms with van der Waals surface area (Å²) in [6.07, 6.45) is 2.40. The average Bonchev–Trinajstić information content (AvgIpc) is 3.34. The Bertz CT molecular complexity index is 1060. The molecule has 150 valence electrons. The number of aromatic nitrogens is 1. The Morgan fingerprint density at radius 1 is 1.24 bits per heavy atom. The Morgan fingerprint density at radius 2 is 2.14 bits per heavy atom. The van der Waals surface area contributed by atoms with E-state index in [1.54, 1.807) is 0 Å². The number of rotatable bonds is 5. The molecule has 0 aliphatic carbocycles. The Morgan fingerprint density at radius 3 is 3.00 bits per heavy atom. The van der Waals surface area contributed by atoms with E-state index in [-0.39, 0.29) is 11.9 Å². The van der Waals surface area contributed by atoms with Gasteiger partial charge >= 0.3 is 0 Å². The number of ether oxygens (including phenoxy) is 1. The van der Waals surface area contributed by atoms with E-state index < -0.39 is 0 Å². The van der Waals surface area contributed by atoms with Crippen LogP contribution in [-0.4, -0.2) is 35.6 Å². The second-order valence-electron chi connectivity index (χ2n) is 7.55. The summed E-state index contributed by atoms with van der Waals surface area (Å²) in [6, 6.07) is 11.6. The van der Waals surface area contributed by atoms with E-state index in [2.05, 4.69) is 10.5 Å². The summed E-state index contributed by atoms with van der Waals surface area (Å²) in [5, 5.41) is 9.40. The van der Waals surface area contributed by atoms with Gasteiger partial charge in [-0.1, -0.05) is 28.9 Å². The molecule has 1 saturated heterocycles. The molecule has 0 unspecified atom stereocenters. The molecule has 1 fully saturated rings. The van der Waals surface area contributed by atoms with Crippen LogP contribution in [0.25, 0.3) is 11.0 Å². The fourth-order valence-electron chi connectivity index (χ4n) is 4.31. The number of amides is 1. The predicted molar refractivity (Wildman–Crippen MR) is 110 cm³/mol. The van der Waals surface area contributed by atoms with E-state index in [1.807, 2.05) is 41.3 Å². The van der Waals surface area contributed by atoms with E-state index in [0.717, 1.165) is 64.5 Å². The Kier molecular flexibility index (Phi) is 4.89. The summed E-state index contributed by atoms with van der Waals surface area (Å²) < 4.78 is 11.6. The molecule has 29 heavy (non-hydrogen) atoms. The first-order valence-electron chi connectivity index (χ1n) is 9.99. The van der Waals surface area contributed by atoms with Crippen molar-refractivity contribution in [1.29, 1.82) is 0 Å². The van der Waals surface area contributed by atoms with Gasteiger partial charge in [0.2, 0.25) is 5.91 Å². The van der Waals surface area contributed by atoms with Crippen LogP contribution in [-0.2, 0) is 17.8 Å². The number of nitrogens with zero attached hydrogens (tertiary/aromatic N) is 2. The average molecular weight is 412 g/mol. The molecule has 2 aliphatic heterocycles. The van der Waals surface area contributed by atoms with Crippen molar-refractivity contribution in [3.63, 3.8) is 0 Å². The number of nitrogens with one attached hydrogen (secondary N) is 1. The molecule has 3 heterocycles. The van der Waals surface area contributed by atoms with Crippen LogP contribution >= 0.6 is 11.6 Å². The first kappa shape index (κ1) is 18.5. The van der Waals surface area contributed by atoms with Gasteiger partial charge < -0.3 is 19.5 Å². The topological polar surface area (TPSA) is 67.6 Å². The smallest absolute Gasteiger partial charge is 0.222 e. The van der Waals surface area contributed by atoms with Crippen molar-refractivity contribution in [3.8, 4) is 5.75 Å². The van der Waals surface area contributed by atoms with Crippen LogP contribution in [0.5, 0.6) is 5.75 Å². The first-order valence-corrected chi connectivity index (χ1v) is 10.4. The maximum Gasteiger partial charge on any atom is 0.222 e. The highest BCUT2D eigenvalue weighted by Crippen LogP contribution is 2.37. The Hall–Kier alpha value is -2.57. The monoisotopic (exact) mass is 411 g/mol. The molecule has 2 aliphatic rings. The zero-order valence-electron chi connectivity index (χ0n) is 16.0. The van der Waals surface area contributed by atoms with Crippen molar-refractivity contribution in [1.82, 2.24) is 15.4 Å². The van der Waals surface area contributed by atoms with Crippen LogP contribution in [0.1, 0.15) is 35.7 Å².